The van der Waals surface area contributed by atoms with Gasteiger partial charge < -0.3 is 4.74 Å². The molecule has 7 heteroatoms. The van der Waals surface area contributed by atoms with Gasteiger partial charge in [-0.1, -0.05) is 0 Å². The summed E-state index contributed by atoms with van der Waals surface area (Å²) in [6, 6.07) is 8.53. The Morgan fingerprint density at radius 1 is 1.14 bits per heavy atom. The van der Waals surface area contributed by atoms with Crippen LogP contribution in [0.25, 0.3) is 0 Å². The van der Waals surface area contributed by atoms with Crippen molar-refractivity contribution in [2.24, 2.45) is 0 Å². The molecule has 0 radical (unpaired) electrons. The van der Waals surface area contributed by atoms with Crippen LogP contribution in [0.15, 0.2) is 42.6 Å². The van der Waals surface area contributed by atoms with Crippen molar-refractivity contribution in [2.75, 3.05) is 6.61 Å². The molecule has 0 saturated carbocycles. The van der Waals surface area contributed by atoms with E-state index in [4.69, 9.17) is 4.74 Å². The molecule has 0 aliphatic heterocycles. The van der Waals surface area contributed by atoms with Crippen molar-refractivity contribution < 1.29 is 18.7 Å². The van der Waals surface area contributed by atoms with Gasteiger partial charge in [0.15, 0.2) is 6.61 Å². The number of carbonyl (C=O) groups is 2. The largest absolute Gasteiger partial charge is 0.484 e. The molecule has 1 aromatic heterocycles. The quantitative estimate of drug-likeness (QED) is 0.836. The summed E-state index contributed by atoms with van der Waals surface area (Å²) < 4.78 is 17.8. The summed E-state index contributed by atoms with van der Waals surface area (Å²) >= 11 is 0. The zero-order chi connectivity index (χ0) is 15.9. The molecular weight excluding hydrogens is 289 g/mol. The average molecular weight is 303 g/mol. The van der Waals surface area contributed by atoms with Crippen LogP contribution in [0.1, 0.15) is 16.1 Å². The minimum Gasteiger partial charge on any atom is -0.484 e. The topological polar surface area (TPSA) is 80.3 Å². The minimum atomic E-state index is -0.544. The van der Waals surface area contributed by atoms with Gasteiger partial charge in [-0.25, -0.2) is 4.39 Å². The summed E-state index contributed by atoms with van der Waals surface area (Å²) in [7, 11) is 0. The van der Waals surface area contributed by atoms with Crippen molar-refractivity contribution in [3.63, 3.8) is 0 Å². The first-order chi connectivity index (χ1) is 10.5. The van der Waals surface area contributed by atoms with Gasteiger partial charge in [-0.3, -0.25) is 25.4 Å². The van der Waals surface area contributed by atoms with Gasteiger partial charge in [0.1, 0.15) is 11.6 Å². The lowest BCUT2D eigenvalue weighted by Crippen LogP contribution is -2.43. The predicted octanol–water partition coefficient (Wildman–Crippen LogP) is 1.37. The number of halogens is 1. The fraction of sp³-hybridized carbons (Fsp3) is 0.133. The number of carbonyl (C=O) groups excluding carboxylic acids is 2. The van der Waals surface area contributed by atoms with Crippen LogP contribution in [0, 0.1) is 12.7 Å². The SMILES string of the molecule is Cc1ccc(C(=O)NNC(=O)COc2ccc(F)cc2)cn1. The van der Waals surface area contributed by atoms with Gasteiger partial charge >= 0.3 is 0 Å². The van der Waals surface area contributed by atoms with E-state index in [1.165, 1.54) is 30.5 Å². The summed E-state index contributed by atoms with van der Waals surface area (Å²) in [6.45, 7) is 1.49. The molecule has 114 valence electrons. The fourth-order valence-electron chi connectivity index (χ4n) is 1.52. The summed E-state index contributed by atoms with van der Waals surface area (Å²) in [6.07, 6.45) is 1.41. The number of ether oxygens (including phenoxy) is 1. The number of amides is 2. The molecule has 2 aromatic rings. The van der Waals surface area contributed by atoms with Crippen LogP contribution >= 0.6 is 0 Å². The number of nitrogens with one attached hydrogen (secondary N) is 2. The van der Waals surface area contributed by atoms with Crippen molar-refractivity contribution in [2.45, 2.75) is 6.92 Å². The van der Waals surface area contributed by atoms with E-state index < -0.39 is 17.6 Å². The Kier molecular flexibility index (Phi) is 5.02. The van der Waals surface area contributed by atoms with E-state index in [1.54, 1.807) is 19.1 Å². The molecule has 2 amide bonds. The third-order valence-corrected chi connectivity index (χ3v) is 2.67. The molecule has 0 aliphatic rings. The average Bonchev–Trinajstić information content (AvgIpc) is 2.52. The summed E-state index contributed by atoms with van der Waals surface area (Å²) in [5.41, 5.74) is 5.57. The van der Waals surface area contributed by atoms with E-state index >= 15 is 0 Å². The predicted molar refractivity (Wildman–Crippen MR) is 76.5 cm³/mol. The third kappa shape index (κ3) is 4.55. The zero-order valence-corrected chi connectivity index (χ0v) is 11.8. The summed E-state index contributed by atoms with van der Waals surface area (Å²) in [5.74, 6) is -1.07. The van der Waals surface area contributed by atoms with Gasteiger partial charge in [0, 0.05) is 11.9 Å². The number of nitrogens with zero attached hydrogens (tertiary/aromatic N) is 1. The summed E-state index contributed by atoms with van der Waals surface area (Å²) in [4.78, 5) is 27.2. The maximum absolute atomic E-state index is 12.7. The molecule has 0 spiro atoms. The highest BCUT2D eigenvalue weighted by Crippen LogP contribution is 2.10. The highest BCUT2D eigenvalue weighted by Gasteiger charge is 2.08. The number of hydrogen-bond acceptors (Lipinski definition) is 4. The first-order valence-electron chi connectivity index (χ1n) is 6.45. The van der Waals surface area contributed by atoms with Crippen LogP contribution in [0.2, 0.25) is 0 Å². The van der Waals surface area contributed by atoms with Gasteiger partial charge in [0.05, 0.1) is 5.56 Å². The molecule has 0 saturated heterocycles. The molecule has 22 heavy (non-hydrogen) atoms. The van der Waals surface area contributed by atoms with Crippen LogP contribution in [-0.4, -0.2) is 23.4 Å². The van der Waals surface area contributed by atoms with Gasteiger partial charge in [0.25, 0.3) is 11.8 Å². The van der Waals surface area contributed by atoms with Crippen LogP contribution < -0.4 is 15.6 Å². The fourth-order valence-corrected chi connectivity index (χ4v) is 1.52. The van der Waals surface area contributed by atoms with Crippen molar-refractivity contribution in [3.8, 4) is 5.75 Å². The molecule has 2 N–H and O–H groups in total. The third-order valence-electron chi connectivity index (χ3n) is 2.67. The van der Waals surface area contributed by atoms with Crippen molar-refractivity contribution in [1.29, 1.82) is 0 Å². The van der Waals surface area contributed by atoms with Crippen molar-refractivity contribution in [3.05, 3.63) is 59.7 Å². The molecular formula is C15H14FN3O3. The number of rotatable bonds is 4. The number of aryl methyl sites for hydroxylation is 1. The van der Waals surface area contributed by atoms with E-state index in [0.29, 0.717) is 11.3 Å². The van der Waals surface area contributed by atoms with Crippen LogP contribution in [0.5, 0.6) is 5.75 Å². The molecule has 1 aromatic carbocycles. The second-order valence-corrected chi connectivity index (χ2v) is 4.43. The Labute approximate surface area is 126 Å². The lowest BCUT2D eigenvalue weighted by molar-refractivity contribution is -0.123. The Morgan fingerprint density at radius 2 is 1.86 bits per heavy atom. The lowest BCUT2D eigenvalue weighted by atomic mass is 10.2. The minimum absolute atomic E-state index is 0.307. The van der Waals surface area contributed by atoms with Gasteiger partial charge in [0.2, 0.25) is 0 Å². The van der Waals surface area contributed by atoms with Gasteiger partial charge in [-0.15, -0.1) is 0 Å². The molecule has 0 unspecified atom stereocenters. The van der Waals surface area contributed by atoms with Gasteiger partial charge in [-0.05, 0) is 43.3 Å². The number of benzene rings is 1. The van der Waals surface area contributed by atoms with Crippen LogP contribution in [0.4, 0.5) is 4.39 Å². The van der Waals surface area contributed by atoms with Crippen LogP contribution in [0.3, 0.4) is 0 Å². The second kappa shape index (κ2) is 7.16. The van der Waals surface area contributed by atoms with E-state index in [0.717, 1.165) is 5.69 Å². The smallest absolute Gasteiger partial charge is 0.276 e. The molecule has 0 atom stereocenters. The molecule has 6 nitrogen and oxygen atoms in total. The Bertz CT molecular complexity index is 657. The zero-order valence-electron chi connectivity index (χ0n) is 11.8. The van der Waals surface area contributed by atoms with Crippen LogP contribution in [-0.2, 0) is 4.79 Å². The number of hydrogen-bond donors (Lipinski definition) is 2. The number of aromatic nitrogens is 1. The van der Waals surface area contributed by atoms with E-state index in [1.807, 2.05) is 0 Å². The van der Waals surface area contributed by atoms with Crippen molar-refractivity contribution in [1.82, 2.24) is 15.8 Å². The monoisotopic (exact) mass is 303 g/mol. The molecule has 1 heterocycles. The van der Waals surface area contributed by atoms with E-state index in [-0.39, 0.29) is 6.61 Å². The molecule has 0 aliphatic carbocycles. The number of hydrazine groups is 1. The van der Waals surface area contributed by atoms with Gasteiger partial charge in [-0.2, -0.15) is 0 Å². The highest BCUT2D eigenvalue weighted by atomic mass is 19.1. The van der Waals surface area contributed by atoms with Crippen molar-refractivity contribution >= 4 is 11.8 Å². The normalized spacial score (nSPS) is 9.91. The first-order valence-corrected chi connectivity index (χ1v) is 6.45. The Morgan fingerprint density at radius 3 is 2.50 bits per heavy atom. The molecule has 2 rings (SSSR count). The first kappa shape index (κ1) is 15.4. The molecule has 0 bridgehead atoms. The highest BCUT2D eigenvalue weighted by molar-refractivity contribution is 5.95. The standard InChI is InChI=1S/C15H14FN3O3/c1-10-2-3-11(8-17-10)15(21)19-18-14(20)9-22-13-6-4-12(16)5-7-13/h2-8H,9H2,1H3,(H,18,20)(H,19,21). The summed E-state index contributed by atoms with van der Waals surface area (Å²) in [5, 5.41) is 0. The number of pyridine rings is 1. The maximum Gasteiger partial charge on any atom is 0.276 e. The maximum atomic E-state index is 12.7. The Balaban J connectivity index is 1.76. The Hall–Kier alpha value is -2.96. The van der Waals surface area contributed by atoms with E-state index in [2.05, 4.69) is 15.8 Å². The van der Waals surface area contributed by atoms with E-state index in [9.17, 15) is 14.0 Å². The second-order valence-electron chi connectivity index (χ2n) is 4.43. The lowest BCUT2D eigenvalue weighted by Gasteiger charge is -2.08. The molecule has 0 fully saturated rings.